The molecule has 164 valence electrons. The van der Waals surface area contributed by atoms with Crippen LogP contribution in [0.1, 0.15) is 38.8 Å². The van der Waals surface area contributed by atoms with Gasteiger partial charge in [0.25, 0.3) is 5.91 Å². The standard InChI is InChI=1S/C24H22ClN3O3S/c1-3-31-23(30)18-5-7-19(8-6-18)28(15-17-10-12-26-13-11-17)24(32)27-22(29)20-9-4-16(2)14-21(20)25/h4-14H,3,15H2,1-2H3,(H,27,29,32). The summed E-state index contributed by atoms with van der Waals surface area (Å²) in [5.74, 6) is -0.799. The molecule has 3 rings (SSSR count). The quantitative estimate of drug-likeness (QED) is 0.409. The predicted octanol–water partition coefficient (Wildman–Crippen LogP) is 4.94. The summed E-state index contributed by atoms with van der Waals surface area (Å²) in [6.07, 6.45) is 3.37. The van der Waals surface area contributed by atoms with Gasteiger partial charge < -0.3 is 9.64 Å². The maximum atomic E-state index is 12.8. The first-order valence-electron chi connectivity index (χ1n) is 9.94. The Morgan fingerprint density at radius 3 is 2.41 bits per heavy atom. The first kappa shape index (κ1) is 23.4. The molecule has 1 heterocycles. The predicted molar refractivity (Wildman–Crippen MR) is 129 cm³/mol. The Bertz CT molecular complexity index is 1120. The van der Waals surface area contributed by atoms with Crippen molar-refractivity contribution in [2.45, 2.75) is 20.4 Å². The number of ether oxygens (including phenoxy) is 1. The van der Waals surface area contributed by atoms with E-state index in [2.05, 4.69) is 10.3 Å². The number of thiocarbonyl (C=S) groups is 1. The number of benzene rings is 2. The van der Waals surface area contributed by atoms with Crippen LogP contribution in [-0.4, -0.2) is 28.6 Å². The minimum absolute atomic E-state index is 0.201. The lowest BCUT2D eigenvalue weighted by atomic mass is 10.1. The Morgan fingerprint density at radius 2 is 1.78 bits per heavy atom. The highest BCUT2D eigenvalue weighted by Gasteiger charge is 2.19. The van der Waals surface area contributed by atoms with Crippen LogP contribution in [0.25, 0.3) is 0 Å². The second-order valence-electron chi connectivity index (χ2n) is 6.95. The summed E-state index contributed by atoms with van der Waals surface area (Å²) in [5, 5.41) is 3.31. The average Bonchev–Trinajstić information content (AvgIpc) is 2.78. The third-order valence-corrected chi connectivity index (χ3v) is 5.25. The zero-order valence-electron chi connectivity index (χ0n) is 17.7. The Kier molecular flexibility index (Phi) is 7.92. The second-order valence-corrected chi connectivity index (χ2v) is 7.75. The van der Waals surface area contributed by atoms with Gasteiger partial charge in [0.1, 0.15) is 0 Å². The monoisotopic (exact) mass is 467 g/mol. The molecular weight excluding hydrogens is 446 g/mol. The first-order valence-corrected chi connectivity index (χ1v) is 10.7. The Morgan fingerprint density at radius 1 is 1.09 bits per heavy atom. The molecule has 1 N–H and O–H groups in total. The zero-order valence-corrected chi connectivity index (χ0v) is 19.2. The van der Waals surface area contributed by atoms with E-state index in [4.69, 9.17) is 28.6 Å². The molecule has 2 aromatic carbocycles. The van der Waals surface area contributed by atoms with Crippen LogP contribution in [0.3, 0.4) is 0 Å². The molecule has 0 aliphatic heterocycles. The molecule has 0 saturated heterocycles. The molecule has 32 heavy (non-hydrogen) atoms. The van der Waals surface area contributed by atoms with E-state index in [0.29, 0.717) is 35.0 Å². The van der Waals surface area contributed by atoms with Crippen LogP contribution >= 0.6 is 23.8 Å². The van der Waals surface area contributed by atoms with Gasteiger partial charge in [-0.05, 0) is 85.7 Å². The molecule has 0 saturated carbocycles. The third-order valence-electron chi connectivity index (χ3n) is 4.61. The molecule has 0 aliphatic carbocycles. The van der Waals surface area contributed by atoms with E-state index >= 15 is 0 Å². The SMILES string of the molecule is CCOC(=O)c1ccc(N(Cc2ccncc2)C(=S)NC(=O)c2ccc(C)cc2Cl)cc1. The number of amides is 1. The van der Waals surface area contributed by atoms with Crippen LogP contribution in [0, 0.1) is 6.92 Å². The maximum Gasteiger partial charge on any atom is 0.338 e. The van der Waals surface area contributed by atoms with Crippen LogP contribution < -0.4 is 10.2 Å². The van der Waals surface area contributed by atoms with Gasteiger partial charge in [0.05, 0.1) is 29.3 Å². The normalized spacial score (nSPS) is 10.3. The van der Waals surface area contributed by atoms with Gasteiger partial charge in [-0.15, -0.1) is 0 Å². The van der Waals surface area contributed by atoms with Gasteiger partial charge in [0.15, 0.2) is 5.11 Å². The number of aromatic nitrogens is 1. The smallest absolute Gasteiger partial charge is 0.338 e. The highest BCUT2D eigenvalue weighted by atomic mass is 35.5. The molecule has 3 aromatic rings. The van der Waals surface area contributed by atoms with Crippen molar-refractivity contribution in [3.05, 3.63) is 94.3 Å². The molecule has 0 aliphatic rings. The number of nitrogens with zero attached hydrogens (tertiary/aromatic N) is 2. The number of carbonyl (C=O) groups excluding carboxylic acids is 2. The van der Waals surface area contributed by atoms with Gasteiger partial charge in [0.2, 0.25) is 0 Å². The summed E-state index contributed by atoms with van der Waals surface area (Å²) in [6.45, 7) is 4.34. The number of anilines is 1. The van der Waals surface area contributed by atoms with Gasteiger partial charge in [-0.2, -0.15) is 0 Å². The van der Waals surface area contributed by atoms with Crippen molar-refractivity contribution < 1.29 is 14.3 Å². The number of hydrogen-bond donors (Lipinski definition) is 1. The number of esters is 1. The van der Waals surface area contributed by atoms with E-state index in [1.165, 1.54) is 0 Å². The first-order chi connectivity index (χ1) is 15.4. The Hall–Kier alpha value is -3.29. The molecule has 0 bridgehead atoms. The average molecular weight is 468 g/mol. The van der Waals surface area contributed by atoms with Crippen molar-refractivity contribution in [3.8, 4) is 0 Å². The molecule has 0 atom stereocenters. The van der Waals surface area contributed by atoms with Crippen LogP contribution in [0.5, 0.6) is 0 Å². The van der Waals surface area contributed by atoms with E-state index in [9.17, 15) is 9.59 Å². The second kappa shape index (κ2) is 10.8. The lowest BCUT2D eigenvalue weighted by Gasteiger charge is -2.26. The van der Waals surface area contributed by atoms with Gasteiger partial charge in [0, 0.05) is 18.1 Å². The van der Waals surface area contributed by atoms with E-state index < -0.39 is 11.9 Å². The van der Waals surface area contributed by atoms with Crippen molar-refractivity contribution >= 4 is 46.5 Å². The largest absolute Gasteiger partial charge is 0.462 e. The molecule has 0 radical (unpaired) electrons. The van der Waals surface area contributed by atoms with E-state index in [0.717, 1.165) is 11.1 Å². The van der Waals surface area contributed by atoms with Crippen molar-refractivity contribution in [1.82, 2.24) is 10.3 Å². The number of halogens is 1. The minimum Gasteiger partial charge on any atom is -0.462 e. The molecule has 8 heteroatoms. The van der Waals surface area contributed by atoms with E-state index in [-0.39, 0.29) is 5.11 Å². The summed E-state index contributed by atoms with van der Waals surface area (Å²) in [7, 11) is 0. The third kappa shape index (κ3) is 5.90. The number of hydrogen-bond acceptors (Lipinski definition) is 5. The van der Waals surface area contributed by atoms with Gasteiger partial charge in [-0.25, -0.2) is 4.79 Å². The van der Waals surface area contributed by atoms with Crippen molar-refractivity contribution in [2.75, 3.05) is 11.5 Å². The van der Waals surface area contributed by atoms with Gasteiger partial charge in [-0.1, -0.05) is 17.7 Å². The number of carbonyl (C=O) groups is 2. The van der Waals surface area contributed by atoms with Gasteiger partial charge in [-0.3, -0.25) is 15.1 Å². The van der Waals surface area contributed by atoms with Crippen LogP contribution in [0.15, 0.2) is 67.0 Å². The van der Waals surface area contributed by atoms with Crippen LogP contribution in [-0.2, 0) is 11.3 Å². The molecule has 0 unspecified atom stereocenters. The van der Waals surface area contributed by atoms with Crippen LogP contribution in [0.4, 0.5) is 5.69 Å². The highest BCUT2D eigenvalue weighted by Crippen LogP contribution is 2.21. The van der Waals surface area contributed by atoms with Crippen molar-refractivity contribution in [2.24, 2.45) is 0 Å². The Balaban J connectivity index is 1.86. The summed E-state index contributed by atoms with van der Waals surface area (Å²) < 4.78 is 5.04. The number of aryl methyl sites for hydroxylation is 1. The summed E-state index contributed by atoms with van der Waals surface area (Å²) in [4.78, 5) is 30.6. The molecular formula is C24H22ClN3O3S. The Labute approximate surface area is 197 Å². The van der Waals surface area contributed by atoms with Crippen molar-refractivity contribution in [3.63, 3.8) is 0 Å². The van der Waals surface area contributed by atoms with E-state index in [1.54, 1.807) is 60.6 Å². The number of rotatable bonds is 6. The fourth-order valence-corrected chi connectivity index (χ4v) is 3.56. The maximum absolute atomic E-state index is 12.8. The zero-order chi connectivity index (χ0) is 23.1. The van der Waals surface area contributed by atoms with E-state index in [1.807, 2.05) is 25.1 Å². The molecule has 1 amide bonds. The molecule has 1 aromatic heterocycles. The highest BCUT2D eigenvalue weighted by molar-refractivity contribution is 7.80. The molecule has 0 fully saturated rings. The summed E-state index contributed by atoms with van der Waals surface area (Å²) >= 11 is 11.8. The minimum atomic E-state index is -0.400. The summed E-state index contributed by atoms with van der Waals surface area (Å²) in [6, 6.07) is 15.8. The fraction of sp³-hybridized carbons (Fsp3) is 0.167. The number of nitrogens with one attached hydrogen (secondary N) is 1. The lowest BCUT2D eigenvalue weighted by molar-refractivity contribution is 0.0526. The topological polar surface area (TPSA) is 71.5 Å². The lowest BCUT2D eigenvalue weighted by Crippen LogP contribution is -2.42. The van der Waals surface area contributed by atoms with Crippen LogP contribution in [0.2, 0.25) is 5.02 Å². The number of pyridine rings is 1. The van der Waals surface area contributed by atoms with Crippen molar-refractivity contribution in [1.29, 1.82) is 0 Å². The summed E-state index contributed by atoms with van der Waals surface area (Å²) in [5.41, 5.74) is 3.37. The molecule has 0 spiro atoms. The fourth-order valence-electron chi connectivity index (χ4n) is 2.98. The van der Waals surface area contributed by atoms with Gasteiger partial charge >= 0.3 is 5.97 Å². The molecule has 6 nitrogen and oxygen atoms in total.